The quantitative estimate of drug-likeness (QED) is 0.308. The summed E-state index contributed by atoms with van der Waals surface area (Å²) in [5.41, 5.74) is 0.761. The fourth-order valence-electron chi connectivity index (χ4n) is 3.40. The second kappa shape index (κ2) is 10.2. The highest BCUT2D eigenvalue weighted by atomic mass is 16.6. The highest BCUT2D eigenvalue weighted by molar-refractivity contribution is 5.97. The van der Waals surface area contributed by atoms with E-state index in [1.54, 1.807) is 36.3 Å². The van der Waals surface area contributed by atoms with Crippen LogP contribution >= 0.6 is 0 Å². The number of benzene rings is 3. The molecule has 1 amide bonds. The lowest BCUT2D eigenvalue weighted by Gasteiger charge is -2.30. The maximum atomic E-state index is 13.7. The van der Waals surface area contributed by atoms with Gasteiger partial charge in [0.2, 0.25) is 0 Å². The van der Waals surface area contributed by atoms with Crippen LogP contribution in [-0.4, -0.2) is 29.4 Å². The fourth-order valence-corrected chi connectivity index (χ4v) is 3.40. The Labute approximate surface area is 193 Å². The summed E-state index contributed by atoms with van der Waals surface area (Å²) in [6, 6.07) is 20.6. The number of ether oxygens (including phenoxy) is 2. The van der Waals surface area contributed by atoms with Gasteiger partial charge in [-0.15, -0.1) is 0 Å². The van der Waals surface area contributed by atoms with Crippen molar-refractivity contribution in [1.82, 2.24) is 4.90 Å². The largest absolute Gasteiger partial charge is 0.497 e. The van der Waals surface area contributed by atoms with E-state index < -0.39 is 4.92 Å². The first-order chi connectivity index (χ1) is 15.7. The van der Waals surface area contributed by atoms with Gasteiger partial charge in [-0.3, -0.25) is 14.9 Å². The minimum Gasteiger partial charge on any atom is -0.497 e. The lowest BCUT2D eigenvalue weighted by molar-refractivity contribution is -0.384. The first-order valence-corrected chi connectivity index (χ1v) is 10.6. The average molecular weight is 449 g/mol. The second-order valence-electron chi connectivity index (χ2n) is 8.92. The zero-order chi connectivity index (χ0) is 24.0. The Morgan fingerprint density at radius 2 is 1.61 bits per heavy atom. The molecule has 33 heavy (non-hydrogen) atoms. The van der Waals surface area contributed by atoms with E-state index in [2.05, 4.69) is 0 Å². The van der Waals surface area contributed by atoms with Crippen molar-refractivity contribution < 1.29 is 19.2 Å². The van der Waals surface area contributed by atoms with Gasteiger partial charge < -0.3 is 14.4 Å². The molecule has 0 aliphatic heterocycles. The van der Waals surface area contributed by atoms with E-state index in [1.165, 1.54) is 18.2 Å². The SMILES string of the molecule is COc1ccc(Oc2ccc([N+](=O)[O-])cc2C(=O)N(Cc2ccccc2)CC(C)(C)C)cc1. The van der Waals surface area contributed by atoms with Crippen molar-refractivity contribution in [3.63, 3.8) is 0 Å². The van der Waals surface area contributed by atoms with Crippen molar-refractivity contribution in [2.75, 3.05) is 13.7 Å². The van der Waals surface area contributed by atoms with Crippen molar-refractivity contribution >= 4 is 11.6 Å². The van der Waals surface area contributed by atoms with Gasteiger partial charge in [-0.2, -0.15) is 0 Å². The standard InChI is InChI=1S/C26H28N2O5/c1-26(2,3)18-27(17-19-8-6-5-7-9-19)25(29)23-16-20(28(30)31)10-15-24(23)33-22-13-11-21(32-4)12-14-22/h5-16H,17-18H2,1-4H3. The minimum absolute atomic E-state index is 0.139. The van der Waals surface area contributed by atoms with Crippen LogP contribution in [0.5, 0.6) is 17.2 Å². The number of non-ortho nitro benzene ring substituents is 1. The van der Waals surface area contributed by atoms with Crippen LogP contribution in [0.15, 0.2) is 72.8 Å². The molecule has 0 aromatic heterocycles. The summed E-state index contributed by atoms with van der Waals surface area (Å²) >= 11 is 0. The first-order valence-electron chi connectivity index (χ1n) is 10.6. The summed E-state index contributed by atoms with van der Waals surface area (Å²) in [5, 5.41) is 11.4. The first kappa shape index (κ1) is 23.8. The number of nitrogens with zero attached hydrogens (tertiary/aromatic N) is 2. The summed E-state index contributed by atoms with van der Waals surface area (Å²) in [5.74, 6) is 1.08. The summed E-state index contributed by atoms with van der Waals surface area (Å²) in [6.07, 6.45) is 0. The maximum Gasteiger partial charge on any atom is 0.270 e. The second-order valence-corrected chi connectivity index (χ2v) is 8.92. The van der Waals surface area contributed by atoms with Gasteiger partial charge >= 0.3 is 0 Å². The third-order valence-electron chi connectivity index (χ3n) is 4.86. The van der Waals surface area contributed by atoms with Gasteiger partial charge in [0.15, 0.2) is 0 Å². The highest BCUT2D eigenvalue weighted by Gasteiger charge is 2.27. The Hall–Kier alpha value is -3.87. The van der Waals surface area contributed by atoms with Gasteiger partial charge in [0, 0.05) is 25.2 Å². The Morgan fingerprint density at radius 3 is 2.18 bits per heavy atom. The maximum absolute atomic E-state index is 13.7. The number of rotatable bonds is 8. The molecule has 0 N–H and O–H groups in total. The van der Waals surface area contributed by atoms with Crippen LogP contribution in [0.3, 0.4) is 0 Å². The molecule has 172 valence electrons. The van der Waals surface area contributed by atoms with Crippen molar-refractivity contribution in [1.29, 1.82) is 0 Å². The molecule has 0 aliphatic rings. The van der Waals surface area contributed by atoms with Crippen LogP contribution in [0.1, 0.15) is 36.7 Å². The van der Waals surface area contributed by atoms with Crippen LogP contribution in [0.2, 0.25) is 0 Å². The van der Waals surface area contributed by atoms with Crippen LogP contribution in [0, 0.1) is 15.5 Å². The molecule has 0 spiro atoms. The van der Waals surface area contributed by atoms with Crippen molar-refractivity contribution in [2.24, 2.45) is 5.41 Å². The van der Waals surface area contributed by atoms with Gasteiger partial charge in [-0.25, -0.2) is 0 Å². The third-order valence-corrected chi connectivity index (χ3v) is 4.86. The van der Waals surface area contributed by atoms with Crippen molar-refractivity contribution in [3.05, 3.63) is 94.0 Å². The molecule has 0 radical (unpaired) electrons. The van der Waals surface area contributed by atoms with Gasteiger partial charge in [0.25, 0.3) is 11.6 Å². The fraction of sp³-hybridized carbons (Fsp3) is 0.269. The van der Waals surface area contributed by atoms with Gasteiger partial charge in [-0.05, 0) is 41.3 Å². The Balaban J connectivity index is 2.00. The predicted octanol–water partition coefficient (Wildman–Crippen LogP) is 6.08. The molecular formula is C26H28N2O5. The summed E-state index contributed by atoms with van der Waals surface area (Å²) in [4.78, 5) is 26.3. The Morgan fingerprint density at radius 1 is 0.970 bits per heavy atom. The number of nitro benzene ring substituents is 1. The molecule has 3 rings (SSSR count). The van der Waals surface area contributed by atoms with Crippen LogP contribution in [0.4, 0.5) is 5.69 Å². The zero-order valence-corrected chi connectivity index (χ0v) is 19.3. The number of amides is 1. The van der Waals surface area contributed by atoms with Crippen LogP contribution < -0.4 is 9.47 Å². The summed E-state index contributed by atoms with van der Waals surface area (Å²) in [6.45, 7) is 6.97. The number of carbonyl (C=O) groups is 1. The topological polar surface area (TPSA) is 81.9 Å². The summed E-state index contributed by atoms with van der Waals surface area (Å²) < 4.78 is 11.1. The van der Waals surface area contributed by atoms with E-state index in [0.717, 1.165) is 5.56 Å². The van der Waals surface area contributed by atoms with Crippen molar-refractivity contribution in [3.8, 4) is 17.2 Å². The molecule has 0 unspecified atom stereocenters. The molecule has 0 bridgehead atoms. The van der Waals surface area contributed by atoms with E-state index >= 15 is 0 Å². The molecule has 3 aromatic carbocycles. The van der Waals surface area contributed by atoms with Crippen LogP contribution in [0.25, 0.3) is 0 Å². The number of hydrogen-bond donors (Lipinski definition) is 0. The number of carbonyl (C=O) groups excluding carboxylic acids is 1. The zero-order valence-electron chi connectivity index (χ0n) is 19.3. The summed E-state index contributed by atoms with van der Waals surface area (Å²) in [7, 11) is 1.57. The van der Waals surface area contributed by atoms with E-state index in [0.29, 0.717) is 24.6 Å². The smallest absolute Gasteiger partial charge is 0.270 e. The average Bonchev–Trinajstić information content (AvgIpc) is 2.78. The minimum atomic E-state index is -0.515. The Kier molecular flexibility index (Phi) is 7.33. The predicted molar refractivity (Wildman–Crippen MR) is 127 cm³/mol. The number of nitro groups is 1. The molecule has 0 fully saturated rings. The van der Waals surface area contributed by atoms with E-state index in [9.17, 15) is 14.9 Å². The molecule has 0 atom stereocenters. The van der Waals surface area contributed by atoms with Gasteiger partial charge in [-0.1, -0.05) is 51.1 Å². The molecule has 3 aromatic rings. The molecule has 0 heterocycles. The molecule has 0 aliphatic carbocycles. The number of methoxy groups -OCH3 is 1. The normalized spacial score (nSPS) is 11.0. The molecule has 0 saturated carbocycles. The van der Waals surface area contributed by atoms with E-state index in [1.807, 2.05) is 51.1 Å². The van der Waals surface area contributed by atoms with Gasteiger partial charge in [0.1, 0.15) is 17.2 Å². The number of hydrogen-bond acceptors (Lipinski definition) is 5. The van der Waals surface area contributed by atoms with Crippen molar-refractivity contribution in [2.45, 2.75) is 27.3 Å². The molecule has 7 heteroatoms. The van der Waals surface area contributed by atoms with E-state index in [4.69, 9.17) is 9.47 Å². The lowest BCUT2D eigenvalue weighted by Crippen LogP contribution is -2.37. The van der Waals surface area contributed by atoms with Gasteiger partial charge in [0.05, 0.1) is 17.6 Å². The lowest BCUT2D eigenvalue weighted by atomic mass is 9.95. The Bertz CT molecular complexity index is 1110. The molecular weight excluding hydrogens is 420 g/mol. The van der Waals surface area contributed by atoms with E-state index in [-0.39, 0.29) is 28.3 Å². The molecule has 0 saturated heterocycles. The molecule has 7 nitrogen and oxygen atoms in total. The van der Waals surface area contributed by atoms with Crippen LogP contribution in [-0.2, 0) is 6.54 Å². The third kappa shape index (κ3) is 6.55. The monoisotopic (exact) mass is 448 g/mol. The highest BCUT2D eigenvalue weighted by Crippen LogP contribution is 2.32.